The number of carbonyl (C=O) groups is 1. The van der Waals surface area contributed by atoms with Crippen molar-refractivity contribution in [2.24, 2.45) is 0 Å². The number of nitrogens with one attached hydrogen (secondary N) is 2. The van der Waals surface area contributed by atoms with E-state index >= 15 is 0 Å². The van der Waals surface area contributed by atoms with Gasteiger partial charge in [-0.15, -0.1) is 11.3 Å². The number of amides is 1. The van der Waals surface area contributed by atoms with E-state index in [0.29, 0.717) is 17.1 Å². The fourth-order valence-electron chi connectivity index (χ4n) is 3.28. The molecule has 1 unspecified atom stereocenters. The summed E-state index contributed by atoms with van der Waals surface area (Å²) in [5.41, 5.74) is 1.67. The molecule has 1 atom stereocenters. The third-order valence-electron chi connectivity index (χ3n) is 4.54. The second-order valence-electron chi connectivity index (χ2n) is 6.73. The minimum atomic E-state index is -4.35. The molecule has 1 aliphatic carbocycles. The third-order valence-corrected chi connectivity index (χ3v) is 5.74. The fraction of sp³-hybridized carbons (Fsp3) is 0.368. The van der Waals surface area contributed by atoms with Crippen molar-refractivity contribution in [2.45, 2.75) is 32.0 Å². The molecule has 1 aliphatic rings. The van der Waals surface area contributed by atoms with Crippen molar-refractivity contribution < 1.29 is 22.9 Å². The highest BCUT2D eigenvalue weighted by Gasteiger charge is 2.30. The number of alkyl halides is 3. The smallest absolute Gasteiger partial charge is 0.326 e. The Balaban J connectivity index is 1.58. The van der Waals surface area contributed by atoms with Crippen LogP contribution in [0.4, 0.5) is 18.2 Å². The Labute approximate surface area is 159 Å². The van der Waals surface area contributed by atoms with Crippen molar-refractivity contribution >= 4 is 22.2 Å². The van der Waals surface area contributed by atoms with Gasteiger partial charge in [-0.1, -0.05) is 12.1 Å². The molecule has 0 bridgehead atoms. The molecule has 3 rings (SSSR count). The van der Waals surface area contributed by atoms with Gasteiger partial charge in [0.1, 0.15) is 17.6 Å². The van der Waals surface area contributed by atoms with Gasteiger partial charge in [-0.2, -0.15) is 18.4 Å². The van der Waals surface area contributed by atoms with Gasteiger partial charge in [-0.25, -0.2) is 0 Å². The minimum absolute atomic E-state index is 0.161. The highest BCUT2D eigenvalue weighted by molar-refractivity contribution is 7.16. The lowest BCUT2D eigenvalue weighted by Gasteiger charge is -2.14. The van der Waals surface area contributed by atoms with Crippen LogP contribution < -0.4 is 10.2 Å². The van der Waals surface area contributed by atoms with Crippen molar-refractivity contribution in [2.75, 3.05) is 18.9 Å². The number of carbonyl (C=O) groups excluding carboxylic acids is 1. The van der Waals surface area contributed by atoms with Crippen LogP contribution in [-0.2, 0) is 30.4 Å². The molecule has 0 saturated carbocycles. The Morgan fingerprint density at radius 3 is 2.63 bits per heavy atom. The highest BCUT2D eigenvalue weighted by Crippen LogP contribution is 2.38. The molecule has 2 aromatic rings. The van der Waals surface area contributed by atoms with Crippen LogP contribution in [0.2, 0.25) is 0 Å². The van der Waals surface area contributed by atoms with E-state index in [1.54, 1.807) is 7.05 Å². The number of hydrogen-bond acceptors (Lipinski definition) is 3. The average molecular weight is 394 g/mol. The molecule has 2 N–H and O–H groups in total. The maximum atomic E-state index is 12.6. The summed E-state index contributed by atoms with van der Waals surface area (Å²) in [5.74, 6) is -0.212. The van der Waals surface area contributed by atoms with E-state index < -0.39 is 11.7 Å². The largest absolute Gasteiger partial charge is 0.416 e. The number of halogens is 3. The van der Waals surface area contributed by atoms with Crippen LogP contribution in [0.5, 0.6) is 0 Å². The van der Waals surface area contributed by atoms with E-state index in [4.69, 9.17) is 0 Å². The monoisotopic (exact) mass is 394 g/mol. The van der Waals surface area contributed by atoms with Gasteiger partial charge in [0.25, 0.3) is 5.91 Å². The van der Waals surface area contributed by atoms with Gasteiger partial charge in [0.2, 0.25) is 0 Å². The van der Waals surface area contributed by atoms with Gasteiger partial charge >= 0.3 is 6.18 Å². The van der Waals surface area contributed by atoms with Crippen LogP contribution >= 0.6 is 11.3 Å². The topological polar surface area (TPSA) is 57.3 Å². The number of quaternary nitrogens is 1. The van der Waals surface area contributed by atoms with Gasteiger partial charge < -0.3 is 10.2 Å². The molecule has 4 nitrogen and oxygen atoms in total. The van der Waals surface area contributed by atoms with Crippen LogP contribution in [0.3, 0.4) is 0 Å². The second-order valence-corrected chi connectivity index (χ2v) is 7.83. The van der Waals surface area contributed by atoms with Crippen molar-refractivity contribution in [3.63, 3.8) is 0 Å². The number of hydrogen-bond donors (Lipinski definition) is 2. The molecule has 0 aliphatic heterocycles. The lowest BCUT2D eigenvalue weighted by molar-refractivity contribution is -0.885. The first-order valence-corrected chi connectivity index (χ1v) is 9.41. The van der Waals surface area contributed by atoms with Crippen LogP contribution in [-0.4, -0.2) is 19.5 Å². The standard InChI is InChI=1S/C19H18F3N3OS/c1-25(10-12-5-7-13(8-6-12)19(20,21)22)11-17(26)24-18-15(9-23)14-3-2-4-16(14)27-18/h5-8H,2-4,10-11H2,1H3,(H,24,26)/p+1. The molecular formula is C19H19F3N3OS+. The van der Waals surface area contributed by atoms with Crippen LogP contribution in [0, 0.1) is 11.3 Å². The van der Waals surface area contributed by atoms with Crippen molar-refractivity contribution in [3.8, 4) is 6.07 Å². The Hall–Kier alpha value is -2.37. The van der Waals surface area contributed by atoms with Crippen molar-refractivity contribution in [3.05, 3.63) is 51.4 Å². The lowest BCUT2D eigenvalue weighted by Crippen LogP contribution is -3.08. The zero-order valence-electron chi connectivity index (χ0n) is 14.7. The molecule has 1 heterocycles. The van der Waals surface area contributed by atoms with Crippen LogP contribution in [0.1, 0.15) is 33.6 Å². The Morgan fingerprint density at radius 2 is 2.00 bits per heavy atom. The predicted molar refractivity (Wildman–Crippen MR) is 96.6 cm³/mol. The normalized spacial score (nSPS) is 14.5. The first-order valence-electron chi connectivity index (χ1n) is 8.60. The number of nitrogens with zero attached hydrogens (tertiary/aromatic N) is 1. The van der Waals surface area contributed by atoms with E-state index in [-0.39, 0.29) is 12.5 Å². The summed E-state index contributed by atoms with van der Waals surface area (Å²) in [4.78, 5) is 14.3. The van der Waals surface area contributed by atoms with Crippen LogP contribution in [0.15, 0.2) is 24.3 Å². The minimum Gasteiger partial charge on any atom is -0.326 e. The van der Waals surface area contributed by atoms with Crippen molar-refractivity contribution in [1.29, 1.82) is 5.26 Å². The molecule has 1 amide bonds. The molecule has 1 aromatic heterocycles. The number of thiophene rings is 1. The average Bonchev–Trinajstić information content (AvgIpc) is 3.14. The summed E-state index contributed by atoms with van der Waals surface area (Å²) in [6, 6.07) is 7.15. The quantitative estimate of drug-likeness (QED) is 0.819. The molecule has 0 radical (unpaired) electrons. The number of aryl methyl sites for hydroxylation is 1. The fourth-order valence-corrected chi connectivity index (χ4v) is 4.53. The Morgan fingerprint density at radius 1 is 1.30 bits per heavy atom. The second kappa shape index (κ2) is 7.71. The number of fused-ring (bicyclic) bond motifs is 1. The van der Waals surface area contributed by atoms with Crippen molar-refractivity contribution in [1.82, 2.24) is 0 Å². The van der Waals surface area contributed by atoms with E-state index in [1.165, 1.54) is 28.3 Å². The summed E-state index contributed by atoms with van der Waals surface area (Å²) >= 11 is 1.47. The number of anilines is 1. The van der Waals surface area contributed by atoms with E-state index in [2.05, 4.69) is 11.4 Å². The molecule has 27 heavy (non-hydrogen) atoms. The zero-order valence-corrected chi connectivity index (χ0v) is 15.6. The first-order chi connectivity index (χ1) is 12.8. The molecule has 0 saturated heterocycles. The molecule has 0 fully saturated rings. The van der Waals surface area contributed by atoms with Crippen LogP contribution in [0.25, 0.3) is 0 Å². The number of rotatable bonds is 5. The molecule has 1 aromatic carbocycles. The zero-order chi connectivity index (χ0) is 19.6. The Kier molecular flexibility index (Phi) is 5.53. The molecular weight excluding hydrogens is 375 g/mol. The first kappa shape index (κ1) is 19.4. The van der Waals surface area contributed by atoms with E-state index in [9.17, 15) is 23.2 Å². The van der Waals surface area contributed by atoms with Gasteiger partial charge in [0.15, 0.2) is 6.54 Å². The molecule has 8 heteroatoms. The number of nitriles is 1. The lowest BCUT2D eigenvalue weighted by atomic mass is 10.1. The van der Waals surface area contributed by atoms with Gasteiger partial charge in [-0.3, -0.25) is 4.79 Å². The maximum Gasteiger partial charge on any atom is 0.416 e. The van der Waals surface area contributed by atoms with E-state index in [1.807, 2.05) is 0 Å². The summed E-state index contributed by atoms with van der Waals surface area (Å²) in [7, 11) is 1.80. The summed E-state index contributed by atoms with van der Waals surface area (Å²) < 4.78 is 37.8. The van der Waals surface area contributed by atoms with Gasteiger partial charge in [0, 0.05) is 10.4 Å². The number of likely N-dealkylation sites (N-methyl/N-ethyl adjacent to an activating group) is 1. The van der Waals surface area contributed by atoms with E-state index in [0.717, 1.165) is 47.4 Å². The maximum absolute atomic E-state index is 12.6. The molecule has 0 spiro atoms. The number of benzene rings is 1. The Bertz CT molecular complexity index is 881. The highest BCUT2D eigenvalue weighted by atomic mass is 32.1. The van der Waals surface area contributed by atoms with Gasteiger partial charge in [-0.05, 0) is 37.0 Å². The molecule has 142 valence electrons. The summed E-state index contributed by atoms with van der Waals surface area (Å²) in [6.45, 7) is 0.589. The summed E-state index contributed by atoms with van der Waals surface area (Å²) in [6.07, 6.45) is -1.48. The SMILES string of the molecule is C[NH+](CC(=O)Nc1sc2c(c1C#N)CCC2)Cc1ccc(C(F)(F)F)cc1. The summed E-state index contributed by atoms with van der Waals surface area (Å²) in [5, 5.41) is 12.8. The third kappa shape index (κ3) is 4.49. The predicted octanol–water partition coefficient (Wildman–Crippen LogP) is 2.78. The van der Waals surface area contributed by atoms with Gasteiger partial charge in [0.05, 0.1) is 18.2 Å².